The van der Waals surface area contributed by atoms with Crippen molar-refractivity contribution in [3.63, 3.8) is 0 Å². The molecule has 0 unspecified atom stereocenters. The maximum atomic E-state index is 3.53. The Labute approximate surface area is 110 Å². The van der Waals surface area contributed by atoms with Crippen molar-refractivity contribution >= 4 is 15.9 Å². The predicted octanol–water partition coefficient (Wildman–Crippen LogP) is 4.45. The van der Waals surface area contributed by atoms with Crippen LogP contribution in [0.3, 0.4) is 0 Å². The summed E-state index contributed by atoms with van der Waals surface area (Å²) < 4.78 is 0. The maximum absolute atomic E-state index is 3.53. The zero-order valence-electron chi connectivity index (χ0n) is 11.1. The lowest BCUT2D eigenvalue weighted by Crippen LogP contribution is -2.35. The molecule has 0 saturated heterocycles. The molecule has 1 aliphatic rings. The highest BCUT2D eigenvalue weighted by atomic mass is 79.9. The molecule has 0 bridgehead atoms. The molecule has 1 aliphatic carbocycles. The lowest BCUT2D eigenvalue weighted by atomic mass is 10.1. The molecule has 1 nitrogen and oxygen atoms in total. The van der Waals surface area contributed by atoms with E-state index < -0.39 is 0 Å². The highest BCUT2D eigenvalue weighted by Crippen LogP contribution is 2.24. The van der Waals surface area contributed by atoms with Crippen LogP contribution in [-0.2, 0) is 0 Å². The smallest absolute Gasteiger partial charge is 0.00952 e. The number of nitrogens with zero attached hydrogens (tertiary/aromatic N) is 1. The predicted molar refractivity (Wildman–Crippen MR) is 76.3 cm³/mol. The van der Waals surface area contributed by atoms with Crippen LogP contribution >= 0.6 is 15.9 Å². The third-order valence-electron chi connectivity index (χ3n) is 3.66. The van der Waals surface area contributed by atoms with Crippen molar-refractivity contribution < 1.29 is 0 Å². The molecule has 0 heterocycles. The van der Waals surface area contributed by atoms with Crippen LogP contribution in [0.1, 0.15) is 58.8 Å². The molecule has 2 heteroatoms. The van der Waals surface area contributed by atoms with Crippen molar-refractivity contribution in [3.8, 4) is 0 Å². The zero-order valence-corrected chi connectivity index (χ0v) is 12.6. The Morgan fingerprint density at radius 1 is 1.12 bits per heavy atom. The minimum Gasteiger partial charge on any atom is -0.300 e. The normalized spacial score (nSPS) is 17.8. The van der Waals surface area contributed by atoms with Gasteiger partial charge in [-0.2, -0.15) is 0 Å². The molecule has 0 aliphatic heterocycles. The minimum absolute atomic E-state index is 0.847. The van der Waals surface area contributed by atoms with Crippen LogP contribution in [-0.4, -0.2) is 29.4 Å². The van der Waals surface area contributed by atoms with Gasteiger partial charge in [-0.1, -0.05) is 42.6 Å². The highest BCUT2D eigenvalue weighted by Gasteiger charge is 2.21. The number of alkyl halides is 1. The van der Waals surface area contributed by atoms with E-state index in [0.29, 0.717) is 0 Å². The van der Waals surface area contributed by atoms with Crippen molar-refractivity contribution in [2.75, 3.05) is 18.4 Å². The summed E-state index contributed by atoms with van der Waals surface area (Å²) in [7, 11) is 0. The number of unbranched alkanes of at least 4 members (excludes halogenated alkanes) is 1. The van der Waals surface area contributed by atoms with E-state index in [2.05, 4.69) is 34.7 Å². The second-order valence-corrected chi connectivity index (χ2v) is 6.35. The van der Waals surface area contributed by atoms with Crippen molar-refractivity contribution in [2.45, 2.75) is 64.8 Å². The van der Waals surface area contributed by atoms with Gasteiger partial charge in [-0.25, -0.2) is 0 Å². The summed E-state index contributed by atoms with van der Waals surface area (Å²) in [4.78, 5) is 2.77. The van der Waals surface area contributed by atoms with E-state index in [1.807, 2.05) is 0 Å². The Bertz CT molecular complexity index is 164. The van der Waals surface area contributed by atoms with Crippen LogP contribution in [0.25, 0.3) is 0 Å². The Hall–Kier alpha value is 0.440. The fourth-order valence-corrected chi connectivity index (χ4v) is 2.98. The molecule has 0 aromatic carbocycles. The van der Waals surface area contributed by atoms with Crippen molar-refractivity contribution in [2.24, 2.45) is 5.92 Å². The van der Waals surface area contributed by atoms with Gasteiger partial charge in [0.2, 0.25) is 0 Å². The number of hydrogen-bond acceptors (Lipinski definition) is 1. The van der Waals surface area contributed by atoms with Crippen molar-refractivity contribution in [1.82, 2.24) is 4.90 Å². The van der Waals surface area contributed by atoms with E-state index >= 15 is 0 Å². The van der Waals surface area contributed by atoms with Crippen LogP contribution in [0.2, 0.25) is 0 Å². The van der Waals surface area contributed by atoms with Crippen LogP contribution in [0, 0.1) is 5.92 Å². The molecule has 0 aromatic heterocycles. The first kappa shape index (κ1) is 14.5. The molecule has 1 rings (SSSR count). The molecular formula is C14H28BrN. The summed E-state index contributed by atoms with van der Waals surface area (Å²) in [6.45, 7) is 7.32. The number of halogens is 1. The first-order chi connectivity index (χ1) is 7.74. The monoisotopic (exact) mass is 289 g/mol. The van der Waals surface area contributed by atoms with Gasteiger partial charge in [0.25, 0.3) is 0 Å². The molecule has 0 amide bonds. The topological polar surface area (TPSA) is 3.24 Å². The molecule has 0 atom stereocenters. The maximum Gasteiger partial charge on any atom is 0.00952 e. The van der Waals surface area contributed by atoms with Crippen molar-refractivity contribution in [3.05, 3.63) is 0 Å². The van der Waals surface area contributed by atoms with Gasteiger partial charge in [0.05, 0.1) is 0 Å². The van der Waals surface area contributed by atoms with Gasteiger partial charge in [0.15, 0.2) is 0 Å². The van der Waals surface area contributed by atoms with E-state index in [9.17, 15) is 0 Å². The number of hydrogen-bond donors (Lipinski definition) is 0. The second-order valence-electron chi connectivity index (χ2n) is 5.55. The highest BCUT2D eigenvalue weighted by molar-refractivity contribution is 9.09. The second kappa shape index (κ2) is 8.52. The van der Waals surface area contributed by atoms with E-state index in [4.69, 9.17) is 0 Å². The Morgan fingerprint density at radius 2 is 1.81 bits per heavy atom. The largest absolute Gasteiger partial charge is 0.300 e. The standard InChI is InChI=1S/C14H28BrN/c1-13(2)9-12-16(11-6-5-10-15)14-7-3-4-8-14/h13-14H,3-12H2,1-2H3. The summed E-state index contributed by atoms with van der Waals surface area (Å²) in [6, 6.07) is 0.911. The van der Waals surface area contributed by atoms with Gasteiger partial charge in [-0.3, -0.25) is 0 Å². The van der Waals surface area contributed by atoms with Gasteiger partial charge in [-0.05, 0) is 51.1 Å². The molecule has 96 valence electrons. The van der Waals surface area contributed by atoms with Gasteiger partial charge < -0.3 is 4.90 Å². The Kier molecular flexibility index (Phi) is 7.72. The van der Waals surface area contributed by atoms with E-state index in [1.165, 1.54) is 58.0 Å². The Balaban J connectivity index is 2.28. The molecule has 0 spiro atoms. The van der Waals surface area contributed by atoms with E-state index in [-0.39, 0.29) is 0 Å². The minimum atomic E-state index is 0.847. The summed E-state index contributed by atoms with van der Waals surface area (Å²) in [6.07, 6.45) is 9.87. The lowest BCUT2D eigenvalue weighted by molar-refractivity contribution is 0.185. The summed E-state index contributed by atoms with van der Waals surface area (Å²) >= 11 is 3.53. The van der Waals surface area contributed by atoms with Crippen LogP contribution in [0.4, 0.5) is 0 Å². The zero-order chi connectivity index (χ0) is 11.8. The van der Waals surface area contributed by atoms with Gasteiger partial charge in [-0.15, -0.1) is 0 Å². The van der Waals surface area contributed by atoms with Crippen LogP contribution < -0.4 is 0 Å². The average molecular weight is 290 g/mol. The van der Waals surface area contributed by atoms with E-state index in [1.54, 1.807) is 0 Å². The molecule has 16 heavy (non-hydrogen) atoms. The molecule has 0 radical (unpaired) electrons. The SMILES string of the molecule is CC(C)CCN(CCCCBr)C1CCCC1. The summed E-state index contributed by atoms with van der Waals surface area (Å²) in [5.74, 6) is 0.847. The quantitative estimate of drug-likeness (QED) is 0.471. The molecule has 0 N–H and O–H groups in total. The third-order valence-corrected chi connectivity index (χ3v) is 4.22. The van der Waals surface area contributed by atoms with Gasteiger partial charge >= 0.3 is 0 Å². The fourth-order valence-electron chi connectivity index (χ4n) is 2.58. The van der Waals surface area contributed by atoms with Crippen LogP contribution in [0.15, 0.2) is 0 Å². The first-order valence-electron chi connectivity index (χ1n) is 7.04. The number of rotatable bonds is 8. The average Bonchev–Trinajstić information content (AvgIpc) is 2.76. The van der Waals surface area contributed by atoms with Crippen LogP contribution in [0.5, 0.6) is 0 Å². The molecule has 0 aromatic rings. The Morgan fingerprint density at radius 3 is 2.38 bits per heavy atom. The first-order valence-corrected chi connectivity index (χ1v) is 8.16. The molecule has 1 saturated carbocycles. The fraction of sp³-hybridized carbons (Fsp3) is 1.00. The van der Waals surface area contributed by atoms with Gasteiger partial charge in [0, 0.05) is 11.4 Å². The van der Waals surface area contributed by atoms with E-state index in [0.717, 1.165) is 17.3 Å². The summed E-state index contributed by atoms with van der Waals surface area (Å²) in [5.41, 5.74) is 0. The van der Waals surface area contributed by atoms with Gasteiger partial charge in [0.1, 0.15) is 0 Å². The van der Waals surface area contributed by atoms with Crippen molar-refractivity contribution in [1.29, 1.82) is 0 Å². The third kappa shape index (κ3) is 5.67. The molecular weight excluding hydrogens is 262 g/mol. The molecule has 1 fully saturated rings. The lowest BCUT2D eigenvalue weighted by Gasteiger charge is -2.29. The summed E-state index contributed by atoms with van der Waals surface area (Å²) in [5, 5.41) is 1.16.